The number of rotatable bonds is 5. The van der Waals surface area contributed by atoms with Crippen molar-refractivity contribution in [3.63, 3.8) is 0 Å². The van der Waals surface area contributed by atoms with Crippen molar-refractivity contribution in [3.8, 4) is 0 Å². The van der Waals surface area contributed by atoms with Crippen LogP contribution in [0.15, 0.2) is 0 Å². The highest BCUT2D eigenvalue weighted by Crippen LogP contribution is 2.25. The summed E-state index contributed by atoms with van der Waals surface area (Å²) in [5.74, 6) is -0.204. The van der Waals surface area contributed by atoms with Crippen molar-refractivity contribution < 1.29 is 9.90 Å². The number of nitrogens with one attached hydrogen (secondary N) is 1. The molecular weight excluding hydrogens is 250 g/mol. The van der Waals surface area contributed by atoms with E-state index < -0.39 is 6.10 Å². The second kappa shape index (κ2) is 6.24. The molecule has 0 saturated carbocycles. The molecule has 1 rings (SSSR count). The molecule has 0 bridgehead atoms. The molecule has 2 N–H and O–H groups in total. The molecule has 1 heterocycles. The highest BCUT2D eigenvalue weighted by Gasteiger charge is 2.26. The summed E-state index contributed by atoms with van der Waals surface area (Å²) in [5, 5.41) is 16.3. The van der Waals surface area contributed by atoms with Gasteiger partial charge in [-0.15, -0.1) is 5.10 Å². The lowest BCUT2D eigenvalue weighted by Crippen LogP contribution is -2.33. The van der Waals surface area contributed by atoms with Crippen molar-refractivity contribution in [2.24, 2.45) is 0 Å². The molecule has 0 fully saturated rings. The number of carbonyl (C=O) groups is 1. The number of carbonyl (C=O) groups excluding carboxylic acids is 1. The Kier molecular flexibility index (Phi) is 5.22. The van der Waals surface area contributed by atoms with E-state index in [9.17, 15) is 9.90 Å². The maximum Gasteiger partial charge on any atom is 0.265 e. The highest BCUT2D eigenvalue weighted by atomic mass is 32.1. The van der Waals surface area contributed by atoms with E-state index >= 15 is 0 Å². The SMILES string of the molecule is CCCC(O)CNC(=O)c1snnc1C(C)(C)C. The van der Waals surface area contributed by atoms with E-state index in [0.29, 0.717) is 17.0 Å². The van der Waals surface area contributed by atoms with E-state index in [0.717, 1.165) is 18.0 Å². The van der Waals surface area contributed by atoms with Gasteiger partial charge in [-0.25, -0.2) is 0 Å². The Labute approximate surface area is 112 Å². The number of nitrogens with zero attached hydrogens (tertiary/aromatic N) is 2. The van der Waals surface area contributed by atoms with E-state index in [1.54, 1.807) is 0 Å². The van der Waals surface area contributed by atoms with Gasteiger partial charge in [0.1, 0.15) is 4.88 Å². The van der Waals surface area contributed by atoms with Crippen LogP contribution in [0.2, 0.25) is 0 Å². The predicted octanol–water partition coefficient (Wildman–Crippen LogP) is 1.73. The van der Waals surface area contributed by atoms with Crippen molar-refractivity contribution in [2.75, 3.05) is 6.54 Å². The predicted molar refractivity (Wildman–Crippen MR) is 71.9 cm³/mol. The van der Waals surface area contributed by atoms with Crippen LogP contribution in [0.3, 0.4) is 0 Å². The first-order valence-electron chi connectivity index (χ1n) is 6.15. The van der Waals surface area contributed by atoms with E-state index in [1.807, 2.05) is 27.7 Å². The molecule has 0 radical (unpaired) electrons. The molecule has 102 valence electrons. The van der Waals surface area contributed by atoms with Crippen molar-refractivity contribution in [1.82, 2.24) is 14.9 Å². The molecule has 1 aromatic rings. The molecule has 0 aliphatic heterocycles. The number of hydrogen-bond donors (Lipinski definition) is 2. The van der Waals surface area contributed by atoms with Crippen LogP contribution in [0.5, 0.6) is 0 Å². The van der Waals surface area contributed by atoms with Crippen LogP contribution in [-0.2, 0) is 5.41 Å². The zero-order valence-electron chi connectivity index (χ0n) is 11.4. The summed E-state index contributed by atoms with van der Waals surface area (Å²) < 4.78 is 3.84. The summed E-state index contributed by atoms with van der Waals surface area (Å²) in [6.45, 7) is 8.25. The van der Waals surface area contributed by atoms with Gasteiger partial charge in [0.25, 0.3) is 5.91 Å². The molecule has 0 aromatic carbocycles. The van der Waals surface area contributed by atoms with Gasteiger partial charge in [0.2, 0.25) is 0 Å². The molecule has 1 aromatic heterocycles. The minimum Gasteiger partial charge on any atom is -0.391 e. The monoisotopic (exact) mass is 271 g/mol. The molecule has 18 heavy (non-hydrogen) atoms. The van der Waals surface area contributed by atoms with Gasteiger partial charge in [0, 0.05) is 12.0 Å². The van der Waals surface area contributed by atoms with Crippen LogP contribution < -0.4 is 5.32 Å². The fraction of sp³-hybridized carbons (Fsp3) is 0.750. The Bertz CT molecular complexity index is 398. The smallest absolute Gasteiger partial charge is 0.265 e. The van der Waals surface area contributed by atoms with Gasteiger partial charge < -0.3 is 10.4 Å². The molecule has 6 heteroatoms. The fourth-order valence-corrected chi connectivity index (χ4v) is 2.35. The lowest BCUT2D eigenvalue weighted by atomic mass is 9.91. The van der Waals surface area contributed by atoms with E-state index in [4.69, 9.17) is 0 Å². The van der Waals surface area contributed by atoms with Crippen LogP contribution in [0, 0.1) is 0 Å². The molecule has 1 atom stereocenters. The van der Waals surface area contributed by atoms with Crippen molar-refractivity contribution in [1.29, 1.82) is 0 Å². The van der Waals surface area contributed by atoms with Gasteiger partial charge in [-0.3, -0.25) is 4.79 Å². The second-order valence-electron chi connectivity index (χ2n) is 5.35. The third-order valence-electron chi connectivity index (χ3n) is 2.52. The third kappa shape index (κ3) is 4.03. The molecule has 0 saturated heterocycles. The molecular formula is C12H21N3O2S. The number of aliphatic hydroxyl groups is 1. The Morgan fingerprint density at radius 2 is 2.17 bits per heavy atom. The number of aliphatic hydroxyl groups excluding tert-OH is 1. The maximum atomic E-state index is 12.0. The van der Waals surface area contributed by atoms with Gasteiger partial charge in [-0.1, -0.05) is 38.6 Å². The summed E-state index contributed by atoms with van der Waals surface area (Å²) >= 11 is 1.09. The van der Waals surface area contributed by atoms with Crippen LogP contribution >= 0.6 is 11.5 Å². The van der Waals surface area contributed by atoms with Crippen molar-refractivity contribution >= 4 is 17.4 Å². The highest BCUT2D eigenvalue weighted by molar-refractivity contribution is 7.08. The Morgan fingerprint density at radius 3 is 2.72 bits per heavy atom. The minimum absolute atomic E-state index is 0.204. The summed E-state index contributed by atoms with van der Waals surface area (Å²) in [6, 6.07) is 0. The third-order valence-corrected chi connectivity index (χ3v) is 3.25. The van der Waals surface area contributed by atoms with Gasteiger partial charge in [-0.05, 0) is 18.0 Å². The quantitative estimate of drug-likeness (QED) is 0.855. The lowest BCUT2D eigenvalue weighted by molar-refractivity contribution is 0.0912. The van der Waals surface area contributed by atoms with Gasteiger partial charge >= 0.3 is 0 Å². The standard InChI is InChI=1S/C12H21N3O2S/c1-5-6-8(16)7-13-11(17)9-10(12(2,3)4)14-15-18-9/h8,16H,5-7H2,1-4H3,(H,13,17). The topological polar surface area (TPSA) is 75.1 Å². The van der Waals surface area contributed by atoms with Gasteiger partial charge in [-0.2, -0.15) is 0 Å². The Morgan fingerprint density at radius 1 is 1.50 bits per heavy atom. The molecule has 1 amide bonds. The molecule has 1 unspecified atom stereocenters. The summed E-state index contributed by atoms with van der Waals surface area (Å²) in [7, 11) is 0. The Balaban J connectivity index is 2.65. The van der Waals surface area contributed by atoms with Gasteiger partial charge in [0.05, 0.1) is 11.8 Å². The fourth-order valence-electron chi connectivity index (χ4n) is 1.56. The lowest BCUT2D eigenvalue weighted by Gasteiger charge is -2.16. The largest absolute Gasteiger partial charge is 0.391 e. The first kappa shape index (κ1) is 15.0. The van der Waals surface area contributed by atoms with E-state index in [1.165, 1.54) is 0 Å². The van der Waals surface area contributed by atoms with E-state index in [-0.39, 0.29) is 17.9 Å². The minimum atomic E-state index is -0.488. The number of hydrogen-bond acceptors (Lipinski definition) is 5. The normalized spacial score (nSPS) is 13.4. The first-order valence-corrected chi connectivity index (χ1v) is 6.92. The molecule has 0 aliphatic carbocycles. The molecule has 5 nitrogen and oxygen atoms in total. The van der Waals surface area contributed by atoms with Crippen molar-refractivity contribution in [2.45, 2.75) is 52.1 Å². The molecule has 0 spiro atoms. The van der Waals surface area contributed by atoms with Gasteiger partial charge in [0.15, 0.2) is 0 Å². The average molecular weight is 271 g/mol. The first-order chi connectivity index (χ1) is 8.36. The zero-order valence-corrected chi connectivity index (χ0v) is 12.2. The maximum absolute atomic E-state index is 12.0. The summed E-state index contributed by atoms with van der Waals surface area (Å²) in [4.78, 5) is 12.5. The number of amides is 1. The van der Waals surface area contributed by atoms with Crippen LogP contribution in [0.25, 0.3) is 0 Å². The van der Waals surface area contributed by atoms with Crippen LogP contribution in [-0.4, -0.2) is 33.2 Å². The average Bonchev–Trinajstić information content (AvgIpc) is 2.74. The van der Waals surface area contributed by atoms with E-state index in [2.05, 4.69) is 14.9 Å². The second-order valence-corrected chi connectivity index (χ2v) is 6.11. The Hall–Kier alpha value is -1.01. The summed E-state index contributed by atoms with van der Waals surface area (Å²) in [5.41, 5.74) is 0.497. The van der Waals surface area contributed by atoms with Crippen LogP contribution in [0.1, 0.15) is 55.9 Å². The zero-order chi connectivity index (χ0) is 13.8. The van der Waals surface area contributed by atoms with Crippen molar-refractivity contribution in [3.05, 3.63) is 10.6 Å². The molecule has 0 aliphatic rings. The number of aromatic nitrogens is 2. The summed E-state index contributed by atoms with van der Waals surface area (Å²) in [6.07, 6.45) is 1.10. The van der Waals surface area contributed by atoms with Crippen LogP contribution in [0.4, 0.5) is 0 Å².